The Balaban J connectivity index is 0.00000102. The first-order valence-electron chi connectivity index (χ1n) is 10.9. The van der Waals surface area contributed by atoms with Crippen molar-refractivity contribution in [2.45, 2.75) is 78.7 Å². The lowest BCUT2D eigenvalue weighted by atomic mass is 9.46. The summed E-state index contributed by atoms with van der Waals surface area (Å²) in [7, 11) is 0. The van der Waals surface area contributed by atoms with E-state index in [4.69, 9.17) is 0 Å². The minimum atomic E-state index is -0.430. The van der Waals surface area contributed by atoms with E-state index in [0.29, 0.717) is 24.7 Å². The summed E-state index contributed by atoms with van der Waals surface area (Å²) >= 11 is 0. The maximum Gasteiger partial charge on any atom is 0.161 e. The third-order valence-corrected chi connectivity index (χ3v) is 8.44. The van der Waals surface area contributed by atoms with Gasteiger partial charge in [0, 0.05) is 12.3 Å². The van der Waals surface area contributed by atoms with Crippen LogP contribution in [0.3, 0.4) is 0 Å². The lowest BCUT2D eigenvalue weighted by Crippen LogP contribution is -2.57. The molecule has 4 aliphatic rings. The summed E-state index contributed by atoms with van der Waals surface area (Å²) < 4.78 is 0. The predicted molar refractivity (Wildman–Crippen MR) is 105 cm³/mol. The second-order valence-corrected chi connectivity index (χ2v) is 9.42. The SMILES string of the molecule is CC.CC12CCC(=O)C=C1CCC1C2C(O)CC2(C)C(C(=O)CO)CCC12. The number of carbonyl (C=O) groups excluding carboxylic acids is 2. The van der Waals surface area contributed by atoms with Crippen LogP contribution in [-0.2, 0) is 9.59 Å². The molecule has 4 nitrogen and oxygen atoms in total. The lowest BCUT2D eigenvalue weighted by Gasteiger charge is -2.59. The molecule has 0 aromatic rings. The fourth-order valence-electron chi connectivity index (χ4n) is 7.33. The number of aliphatic hydroxyl groups is 2. The van der Waals surface area contributed by atoms with Crippen LogP contribution in [0.1, 0.15) is 72.6 Å². The minimum absolute atomic E-state index is 0.0541. The van der Waals surface area contributed by atoms with Crippen molar-refractivity contribution >= 4 is 11.6 Å². The number of carbonyl (C=O) groups is 2. The predicted octanol–water partition coefficient (Wildman–Crippen LogP) is 3.69. The van der Waals surface area contributed by atoms with E-state index >= 15 is 0 Å². The average molecular weight is 377 g/mol. The molecule has 0 spiro atoms. The molecule has 4 aliphatic carbocycles. The van der Waals surface area contributed by atoms with Gasteiger partial charge in [0.15, 0.2) is 11.6 Å². The molecule has 0 aromatic carbocycles. The highest BCUT2D eigenvalue weighted by Crippen LogP contribution is 2.66. The van der Waals surface area contributed by atoms with Crippen molar-refractivity contribution in [1.82, 2.24) is 0 Å². The summed E-state index contributed by atoms with van der Waals surface area (Å²) in [6, 6.07) is 0. The molecule has 0 heterocycles. The quantitative estimate of drug-likeness (QED) is 0.771. The number of hydrogen-bond acceptors (Lipinski definition) is 4. The first kappa shape index (κ1) is 20.7. The summed E-state index contributed by atoms with van der Waals surface area (Å²) in [6.07, 6.45) is 7.32. The topological polar surface area (TPSA) is 74.6 Å². The molecule has 0 aromatic heterocycles. The molecule has 4 heteroatoms. The number of ketones is 2. The van der Waals surface area contributed by atoms with Crippen LogP contribution in [0.4, 0.5) is 0 Å². The average Bonchev–Trinajstić information content (AvgIpc) is 2.99. The summed E-state index contributed by atoms with van der Waals surface area (Å²) in [5.74, 6) is 1.12. The van der Waals surface area contributed by atoms with Crippen LogP contribution >= 0.6 is 0 Å². The highest BCUT2D eigenvalue weighted by molar-refractivity contribution is 5.91. The van der Waals surface area contributed by atoms with Gasteiger partial charge in [0.25, 0.3) is 0 Å². The van der Waals surface area contributed by atoms with E-state index in [1.807, 2.05) is 19.9 Å². The normalized spacial score (nSPS) is 45.6. The van der Waals surface area contributed by atoms with Gasteiger partial charge in [0.2, 0.25) is 0 Å². The first-order chi connectivity index (χ1) is 12.8. The van der Waals surface area contributed by atoms with Crippen molar-refractivity contribution in [2.75, 3.05) is 6.61 Å². The molecule has 0 bridgehead atoms. The fraction of sp³-hybridized carbons (Fsp3) is 0.826. The summed E-state index contributed by atoms with van der Waals surface area (Å²) in [5.41, 5.74) is 0.979. The van der Waals surface area contributed by atoms with E-state index in [1.165, 1.54) is 5.57 Å². The number of fused-ring (bicyclic) bond motifs is 5. The van der Waals surface area contributed by atoms with Crippen LogP contribution in [-0.4, -0.2) is 34.5 Å². The molecule has 3 saturated carbocycles. The Morgan fingerprint density at radius 2 is 1.89 bits per heavy atom. The van der Waals surface area contributed by atoms with Gasteiger partial charge in [-0.1, -0.05) is 33.3 Å². The molecule has 4 rings (SSSR count). The molecule has 0 radical (unpaired) electrons. The zero-order valence-electron chi connectivity index (χ0n) is 17.3. The van der Waals surface area contributed by atoms with Gasteiger partial charge in [-0.3, -0.25) is 9.59 Å². The zero-order valence-corrected chi connectivity index (χ0v) is 17.3. The van der Waals surface area contributed by atoms with Crippen LogP contribution in [0.2, 0.25) is 0 Å². The number of Topliss-reactive ketones (excluding diaryl/α,β-unsaturated/α-hetero) is 1. The van der Waals surface area contributed by atoms with Crippen LogP contribution < -0.4 is 0 Å². The first-order valence-corrected chi connectivity index (χ1v) is 10.9. The molecule has 0 amide bonds. The molecule has 0 saturated heterocycles. The Kier molecular flexibility index (Phi) is 5.71. The van der Waals surface area contributed by atoms with Crippen LogP contribution in [0.15, 0.2) is 11.6 Å². The minimum Gasteiger partial charge on any atom is -0.393 e. The van der Waals surface area contributed by atoms with Gasteiger partial charge in [-0.15, -0.1) is 0 Å². The second-order valence-electron chi connectivity index (χ2n) is 9.42. The summed E-state index contributed by atoms with van der Waals surface area (Å²) in [5, 5.41) is 20.5. The van der Waals surface area contributed by atoms with Gasteiger partial charge >= 0.3 is 0 Å². The molecule has 7 unspecified atom stereocenters. The van der Waals surface area contributed by atoms with Gasteiger partial charge in [-0.2, -0.15) is 0 Å². The van der Waals surface area contributed by atoms with Gasteiger partial charge in [-0.05, 0) is 73.2 Å². The third-order valence-electron chi connectivity index (χ3n) is 8.44. The molecule has 7 atom stereocenters. The number of aliphatic hydroxyl groups excluding tert-OH is 2. The zero-order chi connectivity index (χ0) is 20.0. The van der Waals surface area contributed by atoms with E-state index in [-0.39, 0.29) is 40.8 Å². The molecule has 2 N–H and O–H groups in total. The maximum atomic E-state index is 12.3. The van der Waals surface area contributed by atoms with Gasteiger partial charge in [-0.25, -0.2) is 0 Å². The Labute approximate surface area is 163 Å². The molecule has 27 heavy (non-hydrogen) atoms. The molecule has 152 valence electrons. The third kappa shape index (κ3) is 3.04. The Morgan fingerprint density at radius 1 is 1.19 bits per heavy atom. The van der Waals surface area contributed by atoms with Crippen molar-refractivity contribution in [3.63, 3.8) is 0 Å². The molecular formula is C23H36O4. The lowest BCUT2D eigenvalue weighted by molar-refractivity contribution is -0.146. The van der Waals surface area contributed by atoms with Gasteiger partial charge in [0.05, 0.1) is 6.10 Å². The van der Waals surface area contributed by atoms with E-state index < -0.39 is 6.10 Å². The largest absolute Gasteiger partial charge is 0.393 e. The maximum absolute atomic E-state index is 12.3. The van der Waals surface area contributed by atoms with Crippen molar-refractivity contribution in [2.24, 2.45) is 34.5 Å². The molecule has 0 aliphatic heterocycles. The monoisotopic (exact) mass is 376 g/mol. The number of hydrogen-bond donors (Lipinski definition) is 2. The highest BCUT2D eigenvalue weighted by Gasteiger charge is 2.62. The standard InChI is InChI=1S/C21H30O4.C2H6/c1-20-8-7-13(23)9-12(20)3-4-14-15-5-6-16(18(25)11-22)21(15,2)10-17(24)19(14)20;1-2/h9,14-17,19,22,24H,3-8,10-11H2,1-2H3;1-2H3. The van der Waals surface area contributed by atoms with Crippen LogP contribution in [0, 0.1) is 34.5 Å². The summed E-state index contributed by atoms with van der Waals surface area (Å²) in [4.78, 5) is 24.2. The number of allylic oxidation sites excluding steroid dienone is 1. The van der Waals surface area contributed by atoms with Crippen LogP contribution in [0.25, 0.3) is 0 Å². The van der Waals surface area contributed by atoms with Crippen molar-refractivity contribution in [1.29, 1.82) is 0 Å². The summed E-state index contributed by atoms with van der Waals surface area (Å²) in [6.45, 7) is 8.03. The van der Waals surface area contributed by atoms with E-state index in [9.17, 15) is 19.8 Å². The van der Waals surface area contributed by atoms with Crippen molar-refractivity contribution in [3.05, 3.63) is 11.6 Å². The molecule has 3 fully saturated rings. The number of rotatable bonds is 2. The highest BCUT2D eigenvalue weighted by atomic mass is 16.3. The van der Waals surface area contributed by atoms with Crippen LogP contribution in [0.5, 0.6) is 0 Å². The fourth-order valence-corrected chi connectivity index (χ4v) is 7.33. The van der Waals surface area contributed by atoms with Crippen molar-refractivity contribution in [3.8, 4) is 0 Å². The Bertz CT molecular complexity index is 638. The van der Waals surface area contributed by atoms with Gasteiger partial charge in [0.1, 0.15) is 6.61 Å². The van der Waals surface area contributed by atoms with Crippen molar-refractivity contribution < 1.29 is 19.8 Å². The Hall–Kier alpha value is -1.00. The van der Waals surface area contributed by atoms with Gasteiger partial charge < -0.3 is 10.2 Å². The smallest absolute Gasteiger partial charge is 0.161 e. The van der Waals surface area contributed by atoms with E-state index in [1.54, 1.807) is 0 Å². The van der Waals surface area contributed by atoms with E-state index in [2.05, 4.69) is 13.8 Å². The van der Waals surface area contributed by atoms with E-state index in [0.717, 1.165) is 32.1 Å². The Morgan fingerprint density at radius 3 is 2.56 bits per heavy atom. The second kappa shape index (κ2) is 7.44. The molecular weight excluding hydrogens is 340 g/mol.